The van der Waals surface area contributed by atoms with Crippen molar-refractivity contribution in [3.63, 3.8) is 0 Å². The van der Waals surface area contributed by atoms with Crippen LogP contribution in [0.2, 0.25) is 0 Å². The zero-order chi connectivity index (χ0) is 9.42. The Balaban J connectivity index is 2.95. The number of halogens is 1. The van der Waals surface area contributed by atoms with E-state index in [1.54, 1.807) is 6.92 Å². The monoisotopic (exact) mass is 179 g/mol. The van der Waals surface area contributed by atoms with Crippen LogP contribution in [0.25, 0.3) is 11.1 Å². The molecular formula is C9H6FNO2. The highest BCUT2D eigenvalue weighted by molar-refractivity contribution is 5.71. The van der Waals surface area contributed by atoms with Crippen molar-refractivity contribution in [1.29, 1.82) is 0 Å². The van der Waals surface area contributed by atoms with Crippen LogP contribution in [0.15, 0.2) is 27.5 Å². The second-order valence-electron chi connectivity index (χ2n) is 2.73. The van der Waals surface area contributed by atoms with E-state index >= 15 is 0 Å². The van der Waals surface area contributed by atoms with Crippen LogP contribution >= 0.6 is 0 Å². The van der Waals surface area contributed by atoms with Gasteiger partial charge in [0.15, 0.2) is 5.43 Å². The molecule has 4 heteroatoms. The zero-order valence-corrected chi connectivity index (χ0v) is 6.87. The van der Waals surface area contributed by atoms with Crippen LogP contribution < -0.4 is 5.43 Å². The maximum Gasteiger partial charge on any atom is 0.230 e. The normalized spacial score (nSPS) is 10.6. The quantitative estimate of drug-likeness (QED) is 0.617. The third-order valence-electron chi connectivity index (χ3n) is 1.68. The van der Waals surface area contributed by atoms with Gasteiger partial charge in [-0.2, -0.15) is 0 Å². The summed E-state index contributed by atoms with van der Waals surface area (Å²) in [5, 5.41) is 0.172. The van der Waals surface area contributed by atoms with E-state index in [1.165, 1.54) is 6.07 Å². The van der Waals surface area contributed by atoms with Crippen LogP contribution in [-0.2, 0) is 0 Å². The van der Waals surface area contributed by atoms with Gasteiger partial charge in [0.25, 0.3) is 0 Å². The lowest BCUT2D eigenvalue weighted by Gasteiger charge is -1.96. The van der Waals surface area contributed by atoms with Crippen molar-refractivity contribution in [2.45, 2.75) is 6.92 Å². The van der Waals surface area contributed by atoms with Gasteiger partial charge in [0.05, 0.1) is 11.6 Å². The molecule has 2 aromatic rings. The second-order valence-corrected chi connectivity index (χ2v) is 2.73. The predicted molar refractivity (Wildman–Crippen MR) is 45.0 cm³/mol. The molecule has 0 unspecified atom stereocenters. The summed E-state index contributed by atoms with van der Waals surface area (Å²) in [6.07, 6.45) is 1.02. The van der Waals surface area contributed by atoms with E-state index in [4.69, 9.17) is 4.42 Å². The fourth-order valence-corrected chi connectivity index (χ4v) is 1.13. The topological polar surface area (TPSA) is 43.1 Å². The lowest BCUT2D eigenvalue weighted by atomic mass is 10.3. The number of aryl methyl sites for hydroxylation is 1. The lowest BCUT2D eigenvalue weighted by molar-refractivity contribution is 0.548. The molecule has 0 bridgehead atoms. The second kappa shape index (κ2) is 2.65. The van der Waals surface area contributed by atoms with Crippen LogP contribution in [0.4, 0.5) is 4.39 Å². The molecule has 0 amide bonds. The van der Waals surface area contributed by atoms with Gasteiger partial charge in [-0.25, -0.2) is 9.37 Å². The Labute approximate surface area is 72.8 Å². The number of hydrogen-bond acceptors (Lipinski definition) is 3. The first kappa shape index (κ1) is 7.91. The van der Waals surface area contributed by atoms with Crippen molar-refractivity contribution in [1.82, 2.24) is 4.98 Å². The molecule has 2 aromatic heterocycles. The third-order valence-corrected chi connectivity index (χ3v) is 1.68. The van der Waals surface area contributed by atoms with Crippen molar-refractivity contribution >= 4 is 11.1 Å². The van der Waals surface area contributed by atoms with Gasteiger partial charge in [0.2, 0.25) is 5.71 Å². The molecule has 0 aromatic carbocycles. The van der Waals surface area contributed by atoms with Crippen LogP contribution in [0, 0.1) is 12.7 Å². The van der Waals surface area contributed by atoms with E-state index in [2.05, 4.69) is 4.98 Å². The minimum absolute atomic E-state index is 0.172. The summed E-state index contributed by atoms with van der Waals surface area (Å²) in [6.45, 7) is 1.64. The van der Waals surface area contributed by atoms with Gasteiger partial charge >= 0.3 is 0 Å². The molecule has 0 aliphatic heterocycles. The maximum atomic E-state index is 12.7. The molecule has 0 radical (unpaired) electrons. The molecule has 3 nitrogen and oxygen atoms in total. The Morgan fingerprint density at radius 1 is 1.46 bits per heavy atom. The Hall–Kier alpha value is -1.71. The summed E-state index contributed by atoms with van der Waals surface area (Å²) in [5.41, 5.74) is -0.0999. The van der Waals surface area contributed by atoms with Gasteiger partial charge in [0.1, 0.15) is 11.6 Å². The van der Waals surface area contributed by atoms with Gasteiger partial charge in [-0.05, 0) is 13.0 Å². The molecule has 2 heterocycles. The Morgan fingerprint density at radius 2 is 2.23 bits per heavy atom. The first-order chi connectivity index (χ1) is 6.16. The molecule has 0 saturated heterocycles. The Bertz CT molecular complexity index is 518. The van der Waals surface area contributed by atoms with Crippen LogP contribution in [0.5, 0.6) is 0 Å². The zero-order valence-electron chi connectivity index (χ0n) is 6.87. The first-order valence-corrected chi connectivity index (χ1v) is 3.73. The molecule has 0 aliphatic rings. The Kier molecular flexibility index (Phi) is 1.62. The van der Waals surface area contributed by atoms with E-state index in [1.807, 2.05) is 0 Å². The van der Waals surface area contributed by atoms with E-state index in [0.717, 1.165) is 12.3 Å². The molecule has 66 valence electrons. The van der Waals surface area contributed by atoms with Crippen LogP contribution in [0.1, 0.15) is 5.76 Å². The van der Waals surface area contributed by atoms with Gasteiger partial charge < -0.3 is 4.42 Å². The first-order valence-electron chi connectivity index (χ1n) is 3.73. The summed E-state index contributed by atoms with van der Waals surface area (Å²) >= 11 is 0. The van der Waals surface area contributed by atoms with Gasteiger partial charge in [-0.15, -0.1) is 0 Å². The standard InChI is InChI=1S/C9H6FNO2/c1-5-2-8(12)7-3-6(10)4-11-9(7)13-5/h2-4H,1H3. The summed E-state index contributed by atoms with van der Waals surface area (Å²) < 4.78 is 17.8. The number of fused-ring (bicyclic) bond motifs is 1. The molecule has 2 rings (SSSR count). The number of nitrogens with zero attached hydrogens (tertiary/aromatic N) is 1. The van der Waals surface area contributed by atoms with E-state index in [0.29, 0.717) is 5.76 Å². The van der Waals surface area contributed by atoms with Crippen molar-refractivity contribution in [2.24, 2.45) is 0 Å². The minimum Gasteiger partial charge on any atom is -0.443 e. The van der Waals surface area contributed by atoms with E-state index < -0.39 is 5.82 Å². The summed E-state index contributed by atoms with van der Waals surface area (Å²) in [4.78, 5) is 14.9. The number of aromatic nitrogens is 1. The molecule has 0 spiro atoms. The highest BCUT2D eigenvalue weighted by atomic mass is 19.1. The molecule has 0 N–H and O–H groups in total. The van der Waals surface area contributed by atoms with E-state index in [9.17, 15) is 9.18 Å². The van der Waals surface area contributed by atoms with E-state index in [-0.39, 0.29) is 16.5 Å². The molecule has 0 fully saturated rings. The van der Waals surface area contributed by atoms with Gasteiger partial charge in [-0.3, -0.25) is 4.79 Å². The average molecular weight is 179 g/mol. The predicted octanol–water partition coefficient (Wildman–Crippen LogP) is 1.64. The summed E-state index contributed by atoms with van der Waals surface area (Å²) in [7, 11) is 0. The smallest absolute Gasteiger partial charge is 0.230 e. The third kappa shape index (κ3) is 1.30. The Morgan fingerprint density at radius 3 is 3.00 bits per heavy atom. The number of pyridine rings is 1. The highest BCUT2D eigenvalue weighted by Crippen LogP contribution is 2.09. The molecule has 0 aliphatic carbocycles. The largest absolute Gasteiger partial charge is 0.443 e. The SMILES string of the molecule is Cc1cc(=O)c2cc(F)cnc2o1. The molecule has 0 saturated carbocycles. The average Bonchev–Trinajstić information content (AvgIpc) is 2.06. The fourth-order valence-electron chi connectivity index (χ4n) is 1.13. The summed E-state index contributed by atoms with van der Waals surface area (Å²) in [6, 6.07) is 2.43. The minimum atomic E-state index is -0.538. The lowest BCUT2D eigenvalue weighted by Crippen LogP contribution is -2.01. The van der Waals surface area contributed by atoms with Gasteiger partial charge in [0, 0.05) is 6.07 Å². The van der Waals surface area contributed by atoms with Crippen molar-refractivity contribution in [2.75, 3.05) is 0 Å². The van der Waals surface area contributed by atoms with Crippen molar-refractivity contribution in [3.8, 4) is 0 Å². The van der Waals surface area contributed by atoms with Crippen molar-refractivity contribution in [3.05, 3.63) is 40.1 Å². The maximum absolute atomic E-state index is 12.7. The molecule has 13 heavy (non-hydrogen) atoms. The van der Waals surface area contributed by atoms with Crippen LogP contribution in [-0.4, -0.2) is 4.98 Å². The highest BCUT2D eigenvalue weighted by Gasteiger charge is 2.04. The van der Waals surface area contributed by atoms with Gasteiger partial charge in [-0.1, -0.05) is 0 Å². The van der Waals surface area contributed by atoms with Crippen molar-refractivity contribution < 1.29 is 8.81 Å². The summed E-state index contributed by atoms with van der Waals surface area (Å²) in [5.74, 6) is -0.0692. The molecule has 0 atom stereocenters. The number of rotatable bonds is 0. The fraction of sp³-hybridized carbons (Fsp3) is 0.111. The molecular weight excluding hydrogens is 173 g/mol. The van der Waals surface area contributed by atoms with Crippen LogP contribution in [0.3, 0.4) is 0 Å². The number of hydrogen-bond donors (Lipinski definition) is 0.